The fourth-order valence-corrected chi connectivity index (χ4v) is 5.19. The molecule has 0 saturated carbocycles. The summed E-state index contributed by atoms with van der Waals surface area (Å²) in [4.78, 5) is 18.4. The van der Waals surface area contributed by atoms with E-state index < -0.39 is 0 Å². The number of hydrogen-bond acceptors (Lipinski definition) is 7. The molecule has 1 unspecified atom stereocenters. The van der Waals surface area contributed by atoms with E-state index in [9.17, 15) is 0 Å². The average Bonchev–Trinajstić information content (AvgIpc) is 3.27. The topological polar surface area (TPSA) is 71.7 Å². The standard InChI is InChI=1S/C24H26ClN7O/c1-16-5-6-18-17(12-16)24(27-15-26-18)31-7-3-2-4-20(31)19-13-22-28-21(25)14-23(32(22)29-19)30-8-10-33-11-9-30/h5-6,12-15,20H,2-4,7-11H2,1H3. The molecule has 0 N–H and O–H groups in total. The average molecular weight is 464 g/mol. The van der Waals surface area contributed by atoms with Gasteiger partial charge in [-0.2, -0.15) is 9.61 Å². The van der Waals surface area contributed by atoms with Gasteiger partial charge in [-0.05, 0) is 38.3 Å². The van der Waals surface area contributed by atoms with E-state index >= 15 is 0 Å². The van der Waals surface area contributed by atoms with Gasteiger partial charge in [-0.15, -0.1) is 0 Å². The van der Waals surface area contributed by atoms with Gasteiger partial charge in [0.15, 0.2) is 5.65 Å². The Kier molecular flexibility index (Phi) is 5.27. The predicted molar refractivity (Wildman–Crippen MR) is 129 cm³/mol. The highest BCUT2D eigenvalue weighted by molar-refractivity contribution is 6.29. The lowest BCUT2D eigenvalue weighted by atomic mass is 9.98. The third kappa shape index (κ3) is 3.77. The minimum atomic E-state index is 0.121. The summed E-state index contributed by atoms with van der Waals surface area (Å²) in [6.07, 6.45) is 4.97. The summed E-state index contributed by atoms with van der Waals surface area (Å²) in [5.41, 5.74) is 3.94. The third-order valence-electron chi connectivity index (χ3n) is 6.62. The second kappa shape index (κ2) is 8.43. The zero-order chi connectivity index (χ0) is 22.4. The van der Waals surface area contributed by atoms with Crippen molar-refractivity contribution in [3.63, 3.8) is 0 Å². The van der Waals surface area contributed by atoms with Crippen LogP contribution in [-0.2, 0) is 4.74 Å². The number of aryl methyl sites for hydroxylation is 1. The number of anilines is 2. The van der Waals surface area contributed by atoms with Gasteiger partial charge in [-0.25, -0.2) is 15.0 Å². The van der Waals surface area contributed by atoms with E-state index in [1.54, 1.807) is 6.33 Å². The van der Waals surface area contributed by atoms with Crippen molar-refractivity contribution in [2.75, 3.05) is 42.6 Å². The van der Waals surface area contributed by atoms with Crippen LogP contribution in [0, 0.1) is 6.92 Å². The van der Waals surface area contributed by atoms with Crippen LogP contribution < -0.4 is 9.80 Å². The molecule has 1 aromatic carbocycles. The lowest BCUT2D eigenvalue weighted by Crippen LogP contribution is -2.37. The summed E-state index contributed by atoms with van der Waals surface area (Å²) in [6, 6.07) is 10.4. The second-order valence-electron chi connectivity index (χ2n) is 8.80. The maximum Gasteiger partial charge on any atom is 0.159 e. The molecule has 0 aliphatic carbocycles. The van der Waals surface area contributed by atoms with E-state index in [0.29, 0.717) is 18.4 Å². The van der Waals surface area contributed by atoms with Crippen molar-refractivity contribution in [3.8, 4) is 0 Å². The molecule has 170 valence electrons. The molecule has 2 aliphatic heterocycles. The Bertz CT molecular complexity index is 1320. The van der Waals surface area contributed by atoms with Crippen molar-refractivity contribution < 1.29 is 4.74 Å². The Morgan fingerprint density at radius 3 is 2.79 bits per heavy atom. The van der Waals surface area contributed by atoms with Crippen molar-refractivity contribution in [3.05, 3.63) is 53.1 Å². The van der Waals surface area contributed by atoms with Crippen molar-refractivity contribution >= 4 is 39.8 Å². The molecule has 9 heteroatoms. The Labute approximate surface area is 197 Å². The molecule has 33 heavy (non-hydrogen) atoms. The fraction of sp³-hybridized carbons (Fsp3) is 0.417. The van der Waals surface area contributed by atoms with Crippen LogP contribution in [0.4, 0.5) is 11.6 Å². The van der Waals surface area contributed by atoms with Gasteiger partial charge in [0, 0.05) is 37.2 Å². The number of piperidine rings is 1. The van der Waals surface area contributed by atoms with Gasteiger partial charge in [0.05, 0.1) is 30.5 Å². The summed E-state index contributed by atoms with van der Waals surface area (Å²) in [6.45, 7) is 6.06. The number of fused-ring (bicyclic) bond motifs is 2. The van der Waals surface area contributed by atoms with Gasteiger partial charge < -0.3 is 14.5 Å². The van der Waals surface area contributed by atoms with Crippen LogP contribution in [0.3, 0.4) is 0 Å². The van der Waals surface area contributed by atoms with Crippen LogP contribution >= 0.6 is 11.6 Å². The molecule has 1 atom stereocenters. The number of hydrogen-bond donors (Lipinski definition) is 0. The minimum Gasteiger partial charge on any atom is -0.378 e. The Balaban J connectivity index is 1.44. The van der Waals surface area contributed by atoms with Crippen molar-refractivity contribution in [2.24, 2.45) is 0 Å². The summed E-state index contributed by atoms with van der Waals surface area (Å²) in [5, 5.41) is 6.62. The van der Waals surface area contributed by atoms with Gasteiger partial charge in [-0.1, -0.05) is 23.2 Å². The molecule has 2 aliphatic rings. The molecule has 6 rings (SSSR count). The first kappa shape index (κ1) is 20.6. The normalized spacial score (nSPS) is 19.5. The number of aromatic nitrogens is 5. The van der Waals surface area contributed by atoms with Gasteiger partial charge in [-0.3, -0.25) is 0 Å². The van der Waals surface area contributed by atoms with Crippen molar-refractivity contribution in [1.82, 2.24) is 24.6 Å². The number of benzene rings is 1. The van der Waals surface area contributed by atoms with Crippen molar-refractivity contribution in [1.29, 1.82) is 0 Å². The molecule has 4 aromatic rings. The third-order valence-corrected chi connectivity index (χ3v) is 6.81. The highest BCUT2D eigenvalue weighted by atomic mass is 35.5. The van der Waals surface area contributed by atoms with Gasteiger partial charge in [0.1, 0.15) is 23.1 Å². The largest absolute Gasteiger partial charge is 0.378 e. The van der Waals surface area contributed by atoms with E-state index in [1.165, 1.54) is 5.56 Å². The summed E-state index contributed by atoms with van der Waals surface area (Å²) in [7, 11) is 0. The molecule has 8 nitrogen and oxygen atoms in total. The van der Waals surface area contributed by atoms with E-state index in [1.807, 2.05) is 10.6 Å². The van der Waals surface area contributed by atoms with Crippen LogP contribution in [0.15, 0.2) is 36.7 Å². The van der Waals surface area contributed by atoms with Crippen LogP contribution in [-0.4, -0.2) is 57.4 Å². The molecule has 0 bridgehead atoms. The van der Waals surface area contributed by atoms with E-state index in [-0.39, 0.29) is 6.04 Å². The highest BCUT2D eigenvalue weighted by Crippen LogP contribution is 2.37. The Hall–Kier alpha value is -2.97. The zero-order valence-electron chi connectivity index (χ0n) is 18.6. The molecular weight excluding hydrogens is 438 g/mol. The summed E-state index contributed by atoms with van der Waals surface area (Å²) >= 11 is 6.41. The van der Waals surface area contributed by atoms with E-state index in [4.69, 9.17) is 26.4 Å². The maximum atomic E-state index is 6.41. The van der Waals surface area contributed by atoms with Crippen LogP contribution in [0.5, 0.6) is 0 Å². The maximum absolute atomic E-state index is 6.41. The Morgan fingerprint density at radius 2 is 1.91 bits per heavy atom. The van der Waals surface area contributed by atoms with Crippen LogP contribution in [0.1, 0.15) is 36.6 Å². The molecular formula is C24H26ClN7O. The summed E-state index contributed by atoms with van der Waals surface area (Å²) < 4.78 is 7.46. The smallest absolute Gasteiger partial charge is 0.159 e. The van der Waals surface area contributed by atoms with Gasteiger partial charge in [0.25, 0.3) is 0 Å². The number of nitrogens with zero attached hydrogens (tertiary/aromatic N) is 7. The van der Waals surface area contributed by atoms with Crippen LogP contribution in [0.2, 0.25) is 5.15 Å². The quantitative estimate of drug-likeness (QED) is 0.421. The van der Waals surface area contributed by atoms with Crippen LogP contribution in [0.25, 0.3) is 16.6 Å². The van der Waals surface area contributed by atoms with Gasteiger partial charge >= 0.3 is 0 Å². The SMILES string of the molecule is Cc1ccc2ncnc(N3CCCCC3c3cc4nc(Cl)cc(N5CCOCC5)n4n3)c2c1. The zero-order valence-corrected chi connectivity index (χ0v) is 19.4. The fourth-order valence-electron chi connectivity index (χ4n) is 5.01. The first-order valence-corrected chi connectivity index (χ1v) is 11.9. The Morgan fingerprint density at radius 1 is 1.03 bits per heavy atom. The first-order chi connectivity index (χ1) is 16.2. The van der Waals surface area contributed by atoms with Crippen molar-refractivity contribution in [2.45, 2.75) is 32.2 Å². The number of halogens is 1. The monoisotopic (exact) mass is 463 g/mol. The van der Waals surface area contributed by atoms with Gasteiger partial charge in [0.2, 0.25) is 0 Å². The van der Waals surface area contributed by atoms with E-state index in [2.05, 4.69) is 51.0 Å². The molecule has 5 heterocycles. The molecule has 0 amide bonds. The molecule has 2 fully saturated rings. The number of ether oxygens (including phenoxy) is 1. The molecule has 3 aromatic heterocycles. The van der Waals surface area contributed by atoms with E-state index in [0.717, 1.165) is 72.8 Å². The lowest BCUT2D eigenvalue weighted by molar-refractivity contribution is 0.122. The molecule has 0 spiro atoms. The predicted octanol–water partition coefficient (Wildman–Crippen LogP) is 4.20. The number of morpholine rings is 1. The minimum absolute atomic E-state index is 0.121. The lowest BCUT2D eigenvalue weighted by Gasteiger charge is -2.36. The molecule has 0 radical (unpaired) electrons. The summed E-state index contributed by atoms with van der Waals surface area (Å²) in [5.74, 6) is 1.94. The first-order valence-electron chi connectivity index (χ1n) is 11.5. The highest BCUT2D eigenvalue weighted by Gasteiger charge is 2.29. The molecule has 2 saturated heterocycles. The second-order valence-corrected chi connectivity index (χ2v) is 9.19. The number of rotatable bonds is 3.